The lowest BCUT2D eigenvalue weighted by atomic mass is 10.1. The smallest absolute Gasteiger partial charge is 0.333 e. The first-order valence-corrected chi connectivity index (χ1v) is 6.79. The Kier molecular flexibility index (Phi) is 7.11. The minimum atomic E-state index is -0.411. The molecular weight excluding hydrogens is 272 g/mol. The average molecular weight is 292 g/mol. The first kappa shape index (κ1) is 16.8. The first-order chi connectivity index (χ1) is 10.1. The van der Waals surface area contributed by atoms with Gasteiger partial charge in [0.1, 0.15) is 0 Å². The fourth-order valence-corrected chi connectivity index (χ4v) is 1.82. The lowest BCUT2D eigenvalue weighted by Crippen LogP contribution is -2.18. The van der Waals surface area contributed by atoms with Crippen molar-refractivity contribution in [2.75, 3.05) is 20.2 Å². The van der Waals surface area contributed by atoms with Crippen LogP contribution in [0, 0.1) is 10.1 Å². The van der Waals surface area contributed by atoms with Crippen molar-refractivity contribution in [3.8, 4) is 0 Å². The summed E-state index contributed by atoms with van der Waals surface area (Å²) in [6.07, 6.45) is 3.23. The summed E-state index contributed by atoms with van der Waals surface area (Å²) in [6.45, 7) is 3.22. The van der Waals surface area contributed by atoms with E-state index in [2.05, 4.69) is 10.1 Å². The Morgan fingerprint density at radius 1 is 1.38 bits per heavy atom. The number of methoxy groups -OCH3 is 1. The van der Waals surface area contributed by atoms with Crippen molar-refractivity contribution in [3.05, 3.63) is 51.6 Å². The monoisotopic (exact) mass is 292 g/mol. The Morgan fingerprint density at radius 2 is 2.05 bits per heavy atom. The van der Waals surface area contributed by atoms with Crippen LogP contribution in [-0.4, -0.2) is 31.1 Å². The lowest BCUT2D eigenvalue weighted by Gasteiger charge is -2.04. The zero-order chi connectivity index (χ0) is 15.7. The maximum Gasteiger partial charge on any atom is 0.333 e. The van der Waals surface area contributed by atoms with Gasteiger partial charge >= 0.3 is 5.97 Å². The molecule has 0 atom stereocenters. The number of carbonyl (C=O) groups excluding carboxylic acids is 1. The van der Waals surface area contributed by atoms with E-state index in [0.717, 1.165) is 18.5 Å². The fraction of sp³-hybridized carbons (Fsp3) is 0.400. The predicted molar refractivity (Wildman–Crippen MR) is 80.1 cm³/mol. The second-order valence-electron chi connectivity index (χ2n) is 4.45. The van der Waals surface area contributed by atoms with Gasteiger partial charge in [0.25, 0.3) is 5.69 Å². The van der Waals surface area contributed by atoms with Gasteiger partial charge in [-0.3, -0.25) is 10.1 Å². The first-order valence-electron chi connectivity index (χ1n) is 6.79. The number of non-ortho nitro benzene ring substituents is 1. The van der Waals surface area contributed by atoms with Crippen LogP contribution in [0.1, 0.15) is 18.9 Å². The minimum Gasteiger partial charge on any atom is -0.466 e. The van der Waals surface area contributed by atoms with E-state index in [9.17, 15) is 14.9 Å². The number of rotatable bonds is 8. The molecule has 0 aliphatic carbocycles. The third-order valence-electron chi connectivity index (χ3n) is 3.06. The third-order valence-corrected chi connectivity index (χ3v) is 3.06. The van der Waals surface area contributed by atoms with Gasteiger partial charge in [0.05, 0.1) is 12.0 Å². The number of esters is 1. The van der Waals surface area contributed by atoms with Crippen molar-refractivity contribution in [3.63, 3.8) is 0 Å². The Morgan fingerprint density at radius 3 is 2.57 bits per heavy atom. The summed E-state index contributed by atoms with van der Waals surface area (Å²) in [4.78, 5) is 21.5. The molecule has 0 saturated carbocycles. The third kappa shape index (κ3) is 5.74. The molecule has 6 nitrogen and oxygen atoms in total. The number of nitrogens with zero attached hydrogens (tertiary/aromatic N) is 1. The van der Waals surface area contributed by atoms with E-state index in [-0.39, 0.29) is 11.7 Å². The highest BCUT2D eigenvalue weighted by atomic mass is 16.6. The van der Waals surface area contributed by atoms with E-state index in [1.54, 1.807) is 12.1 Å². The molecule has 1 aromatic carbocycles. The molecule has 114 valence electrons. The minimum absolute atomic E-state index is 0.0975. The zero-order valence-electron chi connectivity index (χ0n) is 12.3. The van der Waals surface area contributed by atoms with Crippen LogP contribution in [0.3, 0.4) is 0 Å². The molecule has 0 spiro atoms. The van der Waals surface area contributed by atoms with E-state index in [4.69, 9.17) is 0 Å². The molecule has 0 aromatic heterocycles. The van der Waals surface area contributed by atoms with E-state index >= 15 is 0 Å². The number of nitro groups is 1. The molecule has 0 aliphatic heterocycles. The Hall–Kier alpha value is -2.21. The van der Waals surface area contributed by atoms with Gasteiger partial charge in [-0.2, -0.15) is 0 Å². The van der Waals surface area contributed by atoms with Gasteiger partial charge in [-0.15, -0.1) is 0 Å². The van der Waals surface area contributed by atoms with E-state index in [0.29, 0.717) is 18.5 Å². The van der Waals surface area contributed by atoms with Crippen LogP contribution in [0.4, 0.5) is 5.69 Å². The topological polar surface area (TPSA) is 81.5 Å². The fourth-order valence-electron chi connectivity index (χ4n) is 1.82. The molecule has 0 fully saturated rings. The average Bonchev–Trinajstić information content (AvgIpc) is 2.50. The van der Waals surface area contributed by atoms with Crippen LogP contribution in [0.2, 0.25) is 0 Å². The van der Waals surface area contributed by atoms with Gasteiger partial charge in [-0.05, 0) is 24.9 Å². The number of carbonyl (C=O) groups is 1. The Labute approximate surface area is 124 Å². The van der Waals surface area contributed by atoms with E-state index in [1.807, 2.05) is 13.0 Å². The van der Waals surface area contributed by atoms with Crippen LogP contribution >= 0.6 is 0 Å². The van der Waals surface area contributed by atoms with Gasteiger partial charge in [0.2, 0.25) is 0 Å². The Bertz CT molecular complexity index is 509. The number of nitrogens with one attached hydrogen (secondary N) is 1. The highest BCUT2D eigenvalue weighted by molar-refractivity contribution is 5.88. The van der Waals surface area contributed by atoms with E-state index < -0.39 is 4.92 Å². The summed E-state index contributed by atoms with van der Waals surface area (Å²) in [5.41, 5.74) is 1.78. The van der Waals surface area contributed by atoms with Crippen molar-refractivity contribution in [2.24, 2.45) is 0 Å². The van der Waals surface area contributed by atoms with Crippen molar-refractivity contribution < 1.29 is 14.5 Å². The molecule has 0 amide bonds. The molecule has 6 heteroatoms. The summed E-state index contributed by atoms with van der Waals surface area (Å²) in [6, 6.07) is 6.51. The Balaban J connectivity index is 2.35. The van der Waals surface area contributed by atoms with Crippen LogP contribution in [0.25, 0.3) is 0 Å². The summed E-state index contributed by atoms with van der Waals surface area (Å²) < 4.78 is 4.67. The molecule has 1 rings (SSSR count). The molecule has 0 heterocycles. The lowest BCUT2D eigenvalue weighted by molar-refractivity contribution is -0.384. The van der Waals surface area contributed by atoms with Crippen molar-refractivity contribution in [1.29, 1.82) is 0 Å². The number of benzene rings is 1. The highest BCUT2D eigenvalue weighted by Gasteiger charge is 2.06. The van der Waals surface area contributed by atoms with Gasteiger partial charge in [0, 0.05) is 24.3 Å². The van der Waals surface area contributed by atoms with Gasteiger partial charge in [-0.1, -0.05) is 25.1 Å². The molecule has 1 N–H and O–H groups in total. The van der Waals surface area contributed by atoms with Crippen LogP contribution in [0.5, 0.6) is 0 Å². The number of hydrogen-bond donors (Lipinski definition) is 1. The summed E-state index contributed by atoms with van der Waals surface area (Å²) in [5, 5.41) is 13.7. The van der Waals surface area contributed by atoms with Crippen LogP contribution in [0.15, 0.2) is 35.9 Å². The van der Waals surface area contributed by atoms with Crippen LogP contribution in [-0.2, 0) is 16.0 Å². The molecule has 21 heavy (non-hydrogen) atoms. The van der Waals surface area contributed by atoms with Gasteiger partial charge < -0.3 is 10.1 Å². The van der Waals surface area contributed by atoms with E-state index in [1.165, 1.54) is 19.2 Å². The standard InChI is InChI=1S/C15H20N2O4/c1-3-13(15(18)21-2)9-11-16-10-8-12-4-6-14(7-5-12)17(19)20/h4-7,9,16H,3,8,10-11H2,1-2H3/b13-9-. The molecular formula is C15H20N2O4. The molecule has 0 aliphatic rings. The van der Waals surface area contributed by atoms with Gasteiger partial charge in [-0.25, -0.2) is 4.79 Å². The largest absolute Gasteiger partial charge is 0.466 e. The number of nitro benzene ring substituents is 1. The highest BCUT2D eigenvalue weighted by Crippen LogP contribution is 2.11. The second-order valence-corrected chi connectivity index (χ2v) is 4.45. The van der Waals surface area contributed by atoms with Gasteiger partial charge in [0.15, 0.2) is 0 Å². The second kappa shape index (κ2) is 8.86. The van der Waals surface area contributed by atoms with Crippen molar-refractivity contribution in [2.45, 2.75) is 19.8 Å². The summed E-state index contributed by atoms with van der Waals surface area (Å²) in [7, 11) is 1.37. The number of ether oxygens (including phenoxy) is 1. The SMILES string of the molecule is CC/C(=C/CNCCc1ccc([N+](=O)[O-])cc1)C(=O)OC. The molecule has 0 saturated heterocycles. The quantitative estimate of drug-likeness (QED) is 0.261. The van der Waals surface area contributed by atoms with Crippen LogP contribution < -0.4 is 5.32 Å². The molecule has 1 aromatic rings. The molecule has 0 bridgehead atoms. The number of hydrogen-bond acceptors (Lipinski definition) is 5. The molecule has 0 radical (unpaired) electrons. The van der Waals surface area contributed by atoms with Crippen molar-refractivity contribution in [1.82, 2.24) is 5.32 Å². The summed E-state index contributed by atoms with van der Waals surface area (Å²) >= 11 is 0. The maximum absolute atomic E-state index is 11.3. The maximum atomic E-state index is 11.3. The summed E-state index contributed by atoms with van der Waals surface area (Å²) in [5.74, 6) is -0.297. The zero-order valence-corrected chi connectivity index (χ0v) is 12.3. The van der Waals surface area contributed by atoms with Crippen molar-refractivity contribution >= 4 is 11.7 Å². The molecule has 0 unspecified atom stereocenters. The predicted octanol–water partition coefficient (Wildman–Crippen LogP) is 2.24. The normalized spacial score (nSPS) is 11.2.